The fraction of sp³-hybridized carbons (Fsp3) is 0.812. The van der Waals surface area contributed by atoms with E-state index in [4.69, 9.17) is 4.74 Å². The van der Waals surface area contributed by atoms with Crippen LogP contribution >= 0.6 is 31.9 Å². The highest BCUT2D eigenvalue weighted by molar-refractivity contribution is 9.28. The number of esters is 1. The van der Waals surface area contributed by atoms with E-state index < -0.39 is 0 Å². The van der Waals surface area contributed by atoms with E-state index in [-0.39, 0.29) is 11.6 Å². The Hall–Kier alpha value is 0.170. The average Bonchev–Trinajstić information content (AvgIpc) is 3.00. The maximum absolute atomic E-state index is 11.6. The summed E-state index contributed by atoms with van der Waals surface area (Å²) in [7, 11) is 0. The van der Waals surface area contributed by atoms with E-state index in [1.165, 1.54) is 19.3 Å². The van der Waals surface area contributed by atoms with Crippen molar-refractivity contribution in [3.05, 3.63) is 9.47 Å². The van der Waals surface area contributed by atoms with E-state index in [0.717, 1.165) is 34.5 Å². The van der Waals surface area contributed by atoms with Crippen LogP contribution in [0.4, 0.5) is 0 Å². The topological polar surface area (TPSA) is 26.3 Å². The van der Waals surface area contributed by atoms with Gasteiger partial charge in [0.05, 0.1) is 3.39 Å². The minimum atomic E-state index is -0.351. The largest absolute Gasteiger partial charge is 0.460 e. The summed E-state index contributed by atoms with van der Waals surface area (Å²) in [6, 6.07) is 0. The molecule has 1 rings (SSSR count). The number of halogens is 2. The van der Waals surface area contributed by atoms with Crippen LogP contribution in [0.15, 0.2) is 9.47 Å². The van der Waals surface area contributed by atoms with Crippen LogP contribution in [-0.4, -0.2) is 11.6 Å². The highest BCUT2D eigenvalue weighted by Gasteiger charge is 2.35. The summed E-state index contributed by atoms with van der Waals surface area (Å²) in [5.74, 6) is 1.75. The second kappa shape index (κ2) is 8.57. The molecule has 4 heteroatoms. The highest BCUT2D eigenvalue weighted by atomic mass is 79.9. The summed E-state index contributed by atoms with van der Waals surface area (Å²) in [5, 5.41) is 0. The predicted octanol–water partition coefficient (Wildman–Crippen LogP) is 5.94. The Kier molecular flexibility index (Phi) is 7.81. The van der Waals surface area contributed by atoms with Crippen molar-refractivity contribution in [1.29, 1.82) is 0 Å². The molecule has 1 aliphatic carbocycles. The molecule has 0 heterocycles. The maximum atomic E-state index is 11.6. The van der Waals surface area contributed by atoms with Crippen LogP contribution in [0, 0.1) is 11.8 Å². The lowest BCUT2D eigenvalue weighted by molar-refractivity contribution is -0.154. The third-order valence-corrected chi connectivity index (χ3v) is 4.18. The van der Waals surface area contributed by atoms with Crippen molar-refractivity contribution in [3.8, 4) is 0 Å². The van der Waals surface area contributed by atoms with Gasteiger partial charge in [0.1, 0.15) is 5.60 Å². The van der Waals surface area contributed by atoms with Crippen LogP contribution in [0.25, 0.3) is 0 Å². The molecule has 0 aromatic carbocycles. The molecule has 0 saturated heterocycles. The molecule has 20 heavy (non-hydrogen) atoms. The number of ether oxygens (including phenoxy) is 1. The molecule has 0 aromatic heterocycles. The van der Waals surface area contributed by atoms with Gasteiger partial charge in [0.15, 0.2) is 0 Å². The van der Waals surface area contributed by atoms with Gasteiger partial charge in [0.25, 0.3) is 0 Å². The lowest BCUT2D eigenvalue weighted by Gasteiger charge is -2.19. The molecule has 0 spiro atoms. The molecular weight excluding hydrogens is 384 g/mol. The van der Waals surface area contributed by atoms with Crippen LogP contribution in [0.3, 0.4) is 0 Å². The Morgan fingerprint density at radius 3 is 2.45 bits per heavy atom. The van der Waals surface area contributed by atoms with Crippen molar-refractivity contribution in [1.82, 2.24) is 0 Å². The summed E-state index contributed by atoms with van der Waals surface area (Å²) >= 11 is 6.76. The first kappa shape index (κ1) is 18.2. The van der Waals surface area contributed by atoms with E-state index in [0.29, 0.717) is 6.42 Å². The quantitative estimate of drug-likeness (QED) is 0.366. The van der Waals surface area contributed by atoms with Gasteiger partial charge in [-0.05, 0) is 90.2 Å². The lowest BCUT2D eigenvalue weighted by atomic mass is 10.1. The van der Waals surface area contributed by atoms with Crippen molar-refractivity contribution in [2.45, 2.75) is 71.3 Å². The van der Waals surface area contributed by atoms with Crippen LogP contribution in [-0.2, 0) is 9.53 Å². The molecule has 0 aliphatic heterocycles. The number of hydrogen-bond donors (Lipinski definition) is 0. The zero-order valence-electron chi connectivity index (χ0n) is 12.8. The second-order valence-corrected chi connectivity index (χ2v) is 9.43. The number of carbonyl (C=O) groups excluding carboxylic acids is 1. The van der Waals surface area contributed by atoms with Gasteiger partial charge in [0, 0.05) is 6.42 Å². The van der Waals surface area contributed by atoms with E-state index in [1.807, 2.05) is 20.8 Å². The van der Waals surface area contributed by atoms with Crippen LogP contribution in [0.5, 0.6) is 0 Å². The van der Waals surface area contributed by atoms with Gasteiger partial charge in [-0.2, -0.15) is 0 Å². The fourth-order valence-corrected chi connectivity index (χ4v) is 2.95. The summed E-state index contributed by atoms with van der Waals surface area (Å²) in [6.45, 7) is 5.75. The second-order valence-electron chi connectivity index (χ2n) is 6.66. The molecule has 0 unspecified atom stereocenters. The Labute approximate surface area is 140 Å². The fourth-order valence-electron chi connectivity index (χ4n) is 2.49. The Balaban J connectivity index is 1.98. The molecule has 116 valence electrons. The summed E-state index contributed by atoms with van der Waals surface area (Å²) in [6.07, 6.45) is 9.93. The van der Waals surface area contributed by atoms with Gasteiger partial charge in [-0.1, -0.05) is 18.9 Å². The first-order chi connectivity index (χ1) is 9.28. The highest BCUT2D eigenvalue weighted by Crippen LogP contribution is 2.45. The Bertz CT molecular complexity index is 341. The van der Waals surface area contributed by atoms with Gasteiger partial charge in [0.2, 0.25) is 0 Å². The Morgan fingerprint density at radius 2 is 1.85 bits per heavy atom. The standard InChI is InChI=1S/C16H26Br2O2/c1-16(2,3)20-15(19)10-5-4-7-12-11-13(12)8-6-9-14(17)18/h9,12-13H,4-8,10-11H2,1-3H3/t12-,13+/m1/s1. The van der Waals surface area contributed by atoms with Gasteiger partial charge < -0.3 is 4.74 Å². The molecule has 0 aromatic rings. The van der Waals surface area contributed by atoms with Crippen LogP contribution < -0.4 is 0 Å². The number of carbonyl (C=O) groups is 1. The normalized spacial score (nSPS) is 21.4. The summed E-state index contributed by atoms with van der Waals surface area (Å²) in [4.78, 5) is 11.6. The van der Waals surface area contributed by atoms with Crippen LogP contribution in [0.2, 0.25) is 0 Å². The van der Waals surface area contributed by atoms with Crippen molar-refractivity contribution >= 4 is 37.8 Å². The van der Waals surface area contributed by atoms with Crippen molar-refractivity contribution in [2.75, 3.05) is 0 Å². The average molecular weight is 410 g/mol. The van der Waals surface area contributed by atoms with E-state index in [1.54, 1.807) is 0 Å². The monoisotopic (exact) mass is 408 g/mol. The molecule has 1 fully saturated rings. The summed E-state index contributed by atoms with van der Waals surface area (Å²) < 4.78 is 6.36. The number of allylic oxidation sites excluding steroid dienone is 1. The molecule has 0 bridgehead atoms. The molecule has 1 aliphatic rings. The SMILES string of the molecule is CC(C)(C)OC(=O)CCCC[C@@H]1C[C@@H]1CCC=C(Br)Br. The molecule has 2 atom stereocenters. The van der Waals surface area contributed by atoms with E-state index in [2.05, 4.69) is 37.9 Å². The first-order valence-electron chi connectivity index (χ1n) is 7.51. The zero-order chi connectivity index (χ0) is 15.2. The third kappa shape index (κ3) is 9.17. The number of unbranched alkanes of at least 4 members (excludes halogenated alkanes) is 1. The molecule has 0 radical (unpaired) electrons. The summed E-state index contributed by atoms with van der Waals surface area (Å²) in [5.41, 5.74) is -0.351. The van der Waals surface area contributed by atoms with Crippen molar-refractivity contribution < 1.29 is 9.53 Å². The predicted molar refractivity (Wildman–Crippen MR) is 91.1 cm³/mol. The van der Waals surface area contributed by atoms with E-state index >= 15 is 0 Å². The Morgan fingerprint density at radius 1 is 1.20 bits per heavy atom. The first-order valence-corrected chi connectivity index (χ1v) is 9.09. The van der Waals surface area contributed by atoms with Crippen molar-refractivity contribution in [3.63, 3.8) is 0 Å². The molecule has 0 amide bonds. The number of hydrogen-bond acceptors (Lipinski definition) is 2. The minimum Gasteiger partial charge on any atom is -0.460 e. The maximum Gasteiger partial charge on any atom is 0.306 e. The minimum absolute atomic E-state index is 0.0582. The van der Waals surface area contributed by atoms with Gasteiger partial charge in [-0.25, -0.2) is 0 Å². The lowest BCUT2D eigenvalue weighted by Crippen LogP contribution is -2.23. The van der Waals surface area contributed by atoms with Gasteiger partial charge in [-0.15, -0.1) is 0 Å². The third-order valence-electron chi connectivity index (χ3n) is 3.53. The number of rotatable bonds is 8. The van der Waals surface area contributed by atoms with Gasteiger partial charge in [-0.3, -0.25) is 4.79 Å². The smallest absolute Gasteiger partial charge is 0.306 e. The molecule has 1 saturated carbocycles. The molecule has 0 N–H and O–H groups in total. The molecular formula is C16H26Br2O2. The van der Waals surface area contributed by atoms with Crippen LogP contribution in [0.1, 0.15) is 65.7 Å². The van der Waals surface area contributed by atoms with Crippen molar-refractivity contribution in [2.24, 2.45) is 11.8 Å². The van der Waals surface area contributed by atoms with E-state index in [9.17, 15) is 4.79 Å². The van der Waals surface area contributed by atoms with Gasteiger partial charge >= 0.3 is 5.97 Å². The molecule has 2 nitrogen and oxygen atoms in total. The zero-order valence-corrected chi connectivity index (χ0v) is 15.9.